The average Bonchev–Trinajstić information content (AvgIpc) is 3.39. The molecule has 1 unspecified atom stereocenters. The molecule has 0 aliphatic carbocycles. The van der Waals surface area contributed by atoms with Crippen molar-refractivity contribution in [3.63, 3.8) is 0 Å². The molecular weight excluding hydrogens is 1070 g/mol. The first-order valence-corrected chi connectivity index (χ1v) is 27.2. The summed E-state index contributed by atoms with van der Waals surface area (Å²) in [4.78, 5) is 50.1. The fraction of sp³-hybridized carbons (Fsp3) is 0.849. The lowest BCUT2D eigenvalue weighted by Crippen LogP contribution is -2.66. The van der Waals surface area contributed by atoms with Crippen molar-refractivity contribution in [1.29, 1.82) is 0 Å². The molecule has 0 aromatic carbocycles. The van der Waals surface area contributed by atoms with Gasteiger partial charge in [0.25, 0.3) is 0 Å². The fourth-order valence-corrected chi connectivity index (χ4v) is 10.1. The predicted octanol–water partition coefficient (Wildman–Crippen LogP) is -2.69. The number of aldehydes is 1. The van der Waals surface area contributed by atoms with Gasteiger partial charge in [0.1, 0.15) is 79.0 Å². The quantitative estimate of drug-likeness (QED) is 0.0316. The number of carbonyl (C=O) groups excluding carboxylic acids is 3. The molecular formula is C53H91NO26. The number of methoxy groups -OCH3 is 1. The van der Waals surface area contributed by atoms with E-state index in [9.17, 15) is 70.2 Å². The van der Waals surface area contributed by atoms with Crippen LogP contribution in [0.25, 0.3) is 0 Å². The summed E-state index contributed by atoms with van der Waals surface area (Å²) < 4.78 is 52.5. The Morgan fingerprint density at radius 1 is 0.875 bits per heavy atom. The van der Waals surface area contributed by atoms with Gasteiger partial charge in [0.2, 0.25) is 0 Å². The molecule has 0 bridgehead atoms. The van der Waals surface area contributed by atoms with Crippen LogP contribution in [0.3, 0.4) is 0 Å². The second kappa shape index (κ2) is 33.9. The molecule has 80 heavy (non-hydrogen) atoms. The molecule has 4 rings (SSSR count). The Kier molecular flexibility index (Phi) is 30.1. The number of aliphatic carboxylic acids is 1. The summed E-state index contributed by atoms with van der Waals surface area (Å²) in [6, 6.07) is -0.751. The first-order valence-electron chi connectivity index (χ1n) is 27.2. The van der Waals surface area contributed by atoms with Gasteiger partial charge < -0.3 is 119 Å². The fourth-order valence-electron chi connectivity index (χ4n) is 10.1. The number of hydrogen-bond acceptors (Lipinski definition) is 26. The maximum Gasteiger partial charge on any atom is 0.335 e. The zero-order chi connectivity index (χ0) is 60.3. The number of carbonyl (C=O) groups is 4. The second-order valence-corrected chi connectivity index (χ2v) is 21.6. The summed E-state index contributed by atoms with van der Waals surface area (Å²) in [7, 11) is 4.87. The van der Waals surface area contributed by atoms with Crippen molar-refractivity contribution in [1.82, 2.24) is 4.90 Å². The lowest BCUT2D eigenvalue weighted by atomic mass is 9.82. The third-order valence-electron chi connectivity index (χ3n) is 14.6. The molecule has 4 heterocycles. The van der Waals surface area contributed by atoms with Gasteiger partial charge in [-0.2, -0.15) is 0 Å². The number of cyclic esters (lactones) is 1. The van der Waals surface area contributed by atoms with Crippen LogP contribution < -0.4 is 0 Å². The Bertz CT molecular complexity index is 1910. The summed E-state index contributed by atoms with van der Waals surface area (Å²) in [6.45, 7) is 8.87. The number of hydrogen-bond donors (Lipinski definition) is 13. The predicted molar refractivity (Wildman–Crippen MR) is 276 cm³/mol. The molecule has 13 N–H and O–H groups in total. The van der Waals surface area contributed by atoms with E-state index >= 15 is 0 Å². The Morgan fingerprint density at radius 3 is 2.12 bits per heavy atom. The van der Waals surface area contributed by atoms with Gasteiger partial charge in [0, 0.05) is 32.8 Å². The number of ether oxygens (including phenoxy) is 9. The maximum absolute atomic E-state index is 12.9. The third kappa shape index (κ3) is 20.2. The molecule has 0 radical (unpaired) electrons. The molecule has 0 aromatic rings. The molecule has 3 fully saturated rings. The number of carboxylic acid groups (broad SMARTS) is 1. The van der Waals surface area contributed by atoms with Crippen LogP contribution in [0.2, 0.25) is 0 Å². The normalized spacial score (nSPS) is 40.0. The van der Waals surface area contributed by atoms with Gasteiger partial charge in [-0.3, -0.25) is 9.59 Å². The highest BCUT2D eigenvalue weighted by atomic mass is 16.7. The molecule has 0 spiro atoms. The lowest BCUT2D eigenvalue weighted by molar-refractivity contribution is -0.344. The number of rotatable bonds is 21. The third-order valence-corrected chi connectivity index (χ3v) is 14.6. The van der Waals surface area contributed by atoms with E-state index in [0.717, 1.165) is 19.1 Å². The van der Waals surface area contributed by atoms with Gasteiger partial charge in [-0.1, -0.05) is 51.0 Å². The highest BCUT2D eigenvalue weighted by Crippen LogP contribution is 2.38. The van der Waals surface area contributed by atoms with Crippen LogP contribution in [0.1, 0.15) is 99.3 Å². The van der Waals surface area contributed by atoms with Crippen LogP contribution in [0, 0.1) is 11.8 Å². The van der Waals surface area contributed by atoms with E-state index in [4.69, 9.17) is 58.0 Å². The van der Waals surface area contributed by atoms with Crippen LogP contribution in [-0.2, 0) is 61.8 Å². The smallest absolute Gasteiger partial charge is 0.335 e. The molecule has 464 valence electrons. The van der Waals surface area contributed by atoms with Crippen molar-refractivity contribution in [2.24, 2.45) is 11.8 Å². The second-order valence-electron chi connectivity index (χ2n) is 21.6. The van der Waals surface area contributed by atoms with Gasteiger partial charge in [-0.25, -0.2) is 4.79 Å². The number of carboxylic acids is 1. The molecule has 4 aliphatic heterocycles. The van der Waals surface area contributed by atoms with E-state index in [1.807, 2.05) is 19.9 Å². The Hall–Kier alpha value is -3.24. The number of nitrogens with zero attached hydrogens (tertiary/aromatic N) is 1. The van der Waals surface area contributed by atoms with Crippen molar-refractivity contribution in [3.8, 4) is 0 Å². The number of likely N-dealkylation sites (N-methyl/N-ethyl adjacent to an activating group) is 1. The first kappa shape index (κ1) is 71.0. The van der Waals surface area contributed by atoms with E-state index in [0.29, 0.717) is 12.8 Å². The van der Waals surface area contributed by atoms with Crippen LogP contribution in [-0.4, -0.2) is 270 Å². The van der Waals surface area contributed by atoms with Crippen molar-refractivity contribution in [2.45, 2.75) is 240 Å². The molecule has 0 saturated carbocycles. The minimum absolute atomic E-state index is 0.0246. The largest absolute Gasteiger partial charge is 0.479 e. The molecule has 0 aromatic heterocycles. The van der Waals surface area contributed by atoms with Crippen LogP contribution in [0.15, 0.2) is 24.3 Å². The Balaban J connectivity index is 0.000000583. The summed E-state index contributed by atoms with van der Waals surface area (Å²) in [5.41, 5.74) is -1.48. The zero-order valence-corrected chi connectivity index (χ0v) is 47.1. The topological polar surface area (TPSA) is 418 Å². The Labute approximate surface area is 466 Å². The van der Waals surface area contributed by atoms with Crippen LogP contribution in [0.4, 0.5) is 0 Å². The van der Waals surface area contributed by atoms with E-state index in [1.165, 1.54) is 7.11 Å². The molecule has 27 heteroatoms. The zero-order valence-electron chi connectivity index (χ0n) is 47.1. The van der Waals surface area contributed by atoms with Gasteiger partial charge in [0.15, 0.2) is 31.1 Å². The lowest BCUT2D eigenvalue weighted by Gasteiger charge is -2.50. The molecule has 0 amide bonds. The van der Waals surface area contributed by atoms with E-state index in [1.54, 1.807) is 64.9 Å². The molecule has 4 aliphatic rings. The van der Waals surface area contributed by atoms with Crippen molar-refractivity contribution in [2.75, 3.05) is 34.4 Å². The summed E-state index contributed by atoms with van der Waals surface area (Å²) in [5.74, 6) is -3.92. The van der Waals surface area contributed by atoms with Crippen LogP contribution in [0.5, 0.6) is 0 Å². The van der Waals surface area contributed by atoms with Gasteiger partial charge in [0.05, 0.1) is 56.2 Å². The number of esters is 2. The van der Waals surface area contributed by atoms with Gasteiger partial charge >= 0.3 is 17.9 Å². The number of unbranched alkanes of at least 4 members (excludes halogenated alkanes) is 2. The van der Waals surface area contributed by atoms with Gasteiger partial charge in [-0.15, -0.1) is 0 Å². The highest BCUT2D eigenvalue weighted by Gasteiger charge is 2.53. The van der Waals surface area contributed by atoms with Crippen molar-refractivity contribution < 1.29 is 128 Å². The summed E-state index contributed by atoms with van der Waals surface area (Å²) in [6.07, 6.45) is -18.2. The number of aliphatic hydroxyl groups is 12. The number of allylic oxidation sites excluding steroid dienone is 2. The first-order chi connectivity index (χ1) is 37.6. The summed E-state index contributed by atoms with van der Waals surface area (Å²) >= 11 is 0. The monoisotopic (exact) mass is 1160 g/mol. The molecule has 27 nitrogen and oxygen atoms in total. The minimum Gasteiger partial charge on any atom is -0.479 e. The standard InChI is InChI=1S/C41H69NO14.C12H22O12/c1-10-11-13-18-31(46)54-39-27(5)52-33(23-41(39,6)49)55-36-26(4)53-40(35(48)34(36)42(7)8)56-37-28(19-20-43)21-24(2)29(44)17-15-12-14-16-25(3)51-32(47)22-30(45)38(37)50-9;13-1-3(15)10(7(18)8(19)11(21)22)24-12-9(20)6(17)5(16)4(2-14)23-12/h12,14-15,17,20,24-30,33-40,44-45,48-49H,10-11,13,16,18-19,21-23H2,1-9H3;3-10,12-20H,1-2H2,(H,21,22)/b14-12+,17-15+;/t24-,25-,26-,27+,28+,29+,30+,33+,34-,35-,36-,37+,38+,39+,40?,41-;3-,4-,5+,6+,7-,8-,9-,10-,12+/m11/s1. The average molecular weight is 1160 g/mol. The van der Waals surface area contributed by atoms with E-state index in [-0.39, 0.29) is 31.6 Å². The maximum atomic E-state index is 12.9. The Morgan fingerprint density at radius 2 is 1.55 bits per heavy atom. The van der Waals surface area contributed by atoms with Crippen LogP contribution >= 0.6 is 0 Å². The summed E-state index contributed by atoms with van der Waals surface area (Å²) in [5, 5.41) is 130. The highest BCUT2D eigenvalue weighted by molar-refractivity contribution is 5.73. The van der Waals surface area contributed by atoms with E-state index < -0.39 is 184 Å². The van der Waals surface area contributed by atoms with E-state index in [2.05, 4.69) is 0 Å². The van der Waals surface area contributed by atoms with Crippen molar-refractivity contribution >= 4 is 24.2 Å². The molecule has 3 saturated heterocycles. The van der Waals surface area contributed by atoms with Crippen molar-refractivity contribution in [3.05, 3.63) is 24.3 Å². The van der Waals surface area contributed by atoms with Gasteiger partial charge in [-0.05, 0) is 66.5 Å². The molecule has 25 atom stereocenters. The minimum atomic E-state index is -2.39. The SMILES string of the molecule is CCCCCC(=O)O[C@H]1[C@H](C)O[C@@H](O[C@H]2[C@H](N(C)C)[C@@H](O)C(O[C@H]3[C@@H](CC=O)C[C@@H](C)[C@@H](O)/C=C/C=C/C[C@@H](C)OC(=O)C[C@H](O)[C@@H]3OC)O[C@@H]2C)C[C@@]1(C)O.O=C(O)[C@H](O)[C@@H](O)[C@H](O[C@@H]1O[C@H](CO)[C@H](O)[C@H](O)[C@H]1O)[C@H](O)CO. The number of aliphatic hydroxyl groups excluding tert-OH is 11.